The number of nitrogens with zero attached hydrogens (tertiary/aromatic N) is 3. The molecule has 168 valence electrons. The third-order valence-corrected chi connectivity index (χ3v) is 7.20. The van der Waals surface area contributed by atoms with Gasteiger partial charge in [-0.1, -0.05) is 39.8 Å². The summed E-state index contributed by atoms with van der Waals surface area (Å²) in [6, 6.07) is 7.72. The van der Waals surface area contributed by atoms with Crippen LogP contribution in [0.1, 0.15) is 32.5 Å². The minimum atomic E-state index is -0.677. The number of halogens is 1. The smallest absolute Gasteiger partial charge is 0.341 e. The van der Waals surface area contributed by atoms with E-state index in [1.54, 1.807) is 6.92 Å². The molecule has 32 heavy (non-hydrogen) atoms. The van der Waals surface area contributed by atoms with E-state index in [0.717, 1.165) is 21.4 Å². The number of esters is 1. The standard InChI is InChI=1S/C20H20BrN5O4S2/c1-4-26-17(11-5-7-12(21)8-6-11)24-25-20(26)31-9-13(27)23-18-14(19(29)30-3)10(2)15(32-18)16(22)28/h5-8H,4,9H2,1-3H3,(H2,22,28)(H,23,27). The van der Waals surface area contributed by atoms with Gasteiger partial charge in [0.2, 0.25) is 5.91 Å². The Bertz CT molecular complexity index is 1170. The largest absolute Gasteiger partial charge is 0.465 e. The quantitative estimate of drug-likeness (QED) is 0.330. The molecule has 0 saturated carbocycles. The first-order valence-corrected chi connectivity index (χ1v) is 12.0. The molecule has 0 saturated heterocycles. The molecule has 2 aromatic heterocycles. The van der Waals surface area contributed by atoms with Gasteiger partial charge in [-0.05, 0) is 31.5 Å². The highest BCUT2D eigenvalue weighted by molar-refractivity contribution is 9.10. The summed E-state index contributed by atoms with van der Waals surface area (Å²) in [6.07, 6.45) is 0. The fourth-order valence-electron chi connectivity index (χ4n) is 2.97. The van der Waals surface area contributed by atoms with Crippen LogP contribution in [0.4, 0.5) is 5.00 Å². The first-order chi connectivity index (χ1) is 15.3. The van der Waals surface area contributed by atoms with Crippen molar-refractivity contribution in [3.63, 3.8) is 0 Å². The normalized spacial score (nSPS) is 10.8. The molecule has 2 heterocycles. The van der Waals surface area contributed by atoms with Crippen LogP contribution in [0.2, 0.25) is 0 Å². The highest BCUT2D eigenvalue weighted by Gasteiger charge is 2.25. The van der Waals surface area contributed by atoms with E-state index in [1.165, 1.54) is 18.9 Å². The van der Waals surface area contributed by atoms with Crippen LogP contribution in [0.15, 0.2) is 33.9 Å². The monoisotopic (exact) mass is 537 g/mol. The number of rotatable bonds is 8. The summed E-state index contributed by atoms with van der Waals surface area (Å²) in [6.45, 7) is 4.18. The van der Waals surface area contributed by atoms with Gasteiger partial charge in [-0.25, -0.2) is 4.79 Å². The van der Waals surface area contributed by atoms with Crippen molar-refractivity contribution in [2.75, 3.05) is 18.2 Å². The number of primary amides is 1. The summed E-state index contributed by atoms with van der Waals surface area (Å²) in [7, 11) is 1.23. The van der Waals surface area contributed by atoms with Crippen LogP contribution < -0.4 is 11.1 Å². The summed E-state index contributed by atoms with van der Waals surface area (Å²) in [4.78, 5) is 36.6. The zero-order valence-corrected chi connectivity index (χ0v) is 20.7. The predicted octanol–water partition coefficient (Wildman–Crippen LogP) is 3.71. The summed E-state index contributed by atoms with van der Waals surface area (Å²) in [5.41, 5.74) is 6.79. The molecule has 0 fully saturated rings. The molecule has 9 nitrogen and oxygen atoms in total. The van der Waals surface area contributed by atoms with E-state index in [-0.39, 0.29) is 27.1 Å². The first kappa shape index (κ1) is 24.0. The summed E-state index contributed by atoms with van der Waals surface area (Å²) in [5.74, 6) is -0.964. The number of nitrogens with one attached hydrogen (secondary N) is 1. The summed E-state index contributed by atoms with van der Waals surface area (Å²) < 4.78 is 7.66. The highest BCUT2D eigenvalue weighted by atomic mass is 79.9. The second-order valence-electron chi connectivity index (χ2n) is 6.51. The van der Waals surface area contributed by atoms with Gasteiger partial charge < -0.3 is 20.4 Å². The van der Waals surface area contributed by atoms with Crippen LogP contribution in [0, 0.1) is 6.92 Å². The van der Waals surface area contributed by atoms with Crippen LogP contribution in [0.25, 0.3) is 11.4 Å². The highest BCUT2D eigenvalue weighted by Crippen LogP contribution is 2.34. The van der Waals surface area contributed by atoms with Crippen molar-refractivity contribution in [3.8, 4) is 11.4 Å². The van der Waals surface area contributed by atoms with Gasteiger partial charge >= 0.3 is 5.97 Å². The van der Waals surface area contributed by atoms with Crippen molar-refractivity contribution >= 4 is 61.8 Å². The Labute approximate surface area is 200 Å². The van der Waals surface area contributed by atoms with Crippen molar-refractivity contribution in [2.24, 2.45) is 5.73 Å². The van der Waals surface area contributed by atoms with Crippen LogP contribution in [-0.2, 0) is 16.1 Å². The molecule has 1 aromatic carbocycles. The molecule has 3 aromatic rings. The van der Waals surface area contributed by atoms with Crippen LogP contribution in [0.3, 0.4) is 0 Å². The fourth-order valence-corrected chi connectivity index (χ4v) is 5.10. The van der Waals surface area contributed by atoms with Crippen molar-refractivity contribution in [3.05, 3.63) is 44.7 Å². The lowest BCUT2D eigenvalue weighted by molar-refractivity contribution is -0.113. The number of nitrogens with two attached hydrogens (primary N) is 1. The molecule has 0 atom stereocenters. The lowest BCUT2D eigenvalue weighted by Crippen LogP contribution is -2.16. The number of ether oxygens (including phenoxy) is 1. The second kappa shape index (κ2) is 10.3. The van der Waals surface area contributed by atoms with Gasteiger partial charge in [-0.3, -0.25) is 9.59 Å². The van der Waals surface area contributed by atoms with E-state index in [4.69, 9.17) is 10.5 Å². The Kier molecular flexibility index (Phi) is 7.69. The van der Waals surface area contributed by atoms with Crippen molar-refractivity contribution < 1.29 is 19.1 Å². The number of benzene rings is 1. The molecule has 0 spiro atoms. The fraction of sp³-hybridized carbons (Fsp3) is 0.250. The number of aromatic nitrogens is 3. The minimum absolute atomic E-state index is 0.0297. The Balaban J connectivity index is 1.76. The van der Waals surface area contributed by atoms with Gasteiger partial charge in [0.15, 0.2) is 11.0 Å². The number of hydrogen-bond donors (Lipinski definition) is 2. The summed E-state index contributed by atoms with van der Waals surface area (Å²) in [5, 5.41) is 12.0. The van der Waals surface area contributed by atoms with E-state index < -0.39 is 11.9 Å². The molecule has 0 radical (unpaired) electrons. The van der Waals surface area contributed by atoms with E-state index in [1.807, 2.05) is 35.8 Å². The van der Waals surface area contributed by atoms with E-state index in [0.29, 0.717) is 23.1 Å². The number of carbonyl (C=O) groups excluding carboxylic acids is 3. The predicted molar refractivity (Wildman–Crippen MR) is 127 cm³/mol. The lowest BCUT2D eigenvalue weighted by Gasteiger charge is -2.08. The third kappa shape index (κ3) is 5.03. The molecule has 0 bridgehead atoms. The molecule has 0 unspecified atom stereocenters. The van der Waals surface area contributed by atoms with Gasteiger partial charge in [-0.15, -0.1) is 21.5 Å². The molecule has 3 rings (SSSR count). The van der Waals surface area contributed by atoms with Crippen molar-refractivity contribution in [2.45, 2.75) is 25.5 Å². The summed E-state index contributed by atoms with van der Waals surface area (Å²) >= 11 is 5.58. The molecule has 0 aliphatic rings. The van der Waals surface area contributed by atoms with Crippen LogP contribution >= 0.6 is 39.0 Å². The van der Waals surface area contributed by atoms with Gasteiger partial charge in [0.1, 0.15) is 5.00 Å². The van der Waals surface area contributed by atoms with E-state index in [9.17, 15) is 14.4 Å². The molecule has 3 N–H and O–H groups in total. The molecule has 0 aliphatic carbocycles. The van der Waals surface area contributed by atoms with Gasteiger partial charge in [0.05, 0.1) is 23.3 Å². The number of anilines is 1. The van der Waals surface area contributed by atoms with Gasteiger partial charge in [0, 0.05) is 16.6 Å². The van der Waals surface area contributed by atoms with Crippen LogP contribution in [0.5, 0.6) is 0 Å². The van der Waals surface area contributed by atoms with Gasteiger partial charge in [-0.2, -0.15) is 0 Å². The number of methoxy groups -OCH3 is 1. The zero-order chi connectivity index (χ0) is 23.4. The Hall–Kier alpha value is -2.70. The number of carbonyl (C=O) groups is 3. The maximum absolute atomic E-state index is 12.6. The topological polar surface area (TPSA) is 129 Å². The number of thioether (sulfide) groups is 1. The molecular weight excluding hydrogens is 518 g/mol. The average molecular weight is 538 g/mol. The molecule has 0 aliphatic heterocycles. The Morgan fingerprint density at radius 1 is 1.25 bits per heavy atom. The van der Waals surface area contributed by atoms with Crippen LogP contribution in [-0.4, -0.2) is 45.4 Å². The van der Waals surface area contributed by atoms with E-state index >= 15 is 0 Å². The molecule has 12 heteroatoms. The number of thiophene rings is 1. The van der Waals surface area contributed by atoms with Crippen molar-refractivity contribution in [1.82, 2.24) is 14.8 Å². The maximum atomic E-state index is 12.6. The van der Waals surface area contributed by atoms with Crippen molar-refractivity contribution in [1.29, 1.82) is 0 Å². The Morgan fingerprint density at radius 2 is 1.94 bits per heavy atom. The molecular formula is C20H20BrN5O4S2. The maximum Gasteiger partial charge on any atom is 0.341 e. The second-order valence-corrected chi connectivity index (χ2v) is 9.39. The zero-order valence-electron chi connectivity index (χ0n) is 17.5. The third-order valence-electron chi connectivity index (χ3n) is 4.48. The number of amides is 2. The van der Waals surface area contributed by atoms with E-state index in [2.05, 4.69) is 31.4 Å². The SMILES string of the molecule is CCn1c(SCC(=O)Nc2sc(C(N)=O)c(C)c2C(=O)OC)nnc1-c1ccc(Br)cc1. The molecule has 2 amide bonds. The first-order valence-electron chi connectivity index (χ1n) is 9.40. The number of hydrogen-bond acceptors (Lipinski definition) is 8. The van der Waals surface area contributed by atoms with Gasteiger partial charge in [0.25, 0.3) is 5.91 Å². The minimum Gasteiger partial charge on any atom is -0.465 e. The average Bonchev–Trinajstić information content (AvgIpc) is 3.32. The Morgan fingerprint density at radius 3 is 2.53 bits per heavy atom. The lowest BCUT2D eigenvalue weighted by atomic mass is 10.1.